The van der Waals surface area contributed by atoms with Gasteiger partial charge in [0.25, 0.3) is 0 Å². The van der Waals surface area contributed by atoms with Gasteiger partial charge < -0.3 is 25.4 Å². The van der Waals surface area contributed by atoms with E-state index in [1.807, 2.05) is 26.0 Å². The van der Waals surface area contributed by atoms with Gasteiger partial charge in [-0.3, -0.25) is 14.4 Å². The molecule has 3 amide bonds. The van der Waals surface area contributed by atoms with E-state index in [1.54, 1.807) is 49.0 Å². The average Bonchev–Trinajstić information content (AvgIpc) is 3.50. The van der Waals surface area contributed by atoms with Gasteiger partial charge in [-0.15, -0.1) is 11.8 Å². The molecule has 8 nitrogen and oxygen atoms in total. The van der Waals surface area contributed by atoms with Gasteiger partial charge in [0.2, 0.25) is 17.7 Å². The number of amides is 3. The maximum atomic E-state index is 14.1. The van der Waals surface area contributed by atoms with Crippen molar-refractivity contribution in [3.05, 3.63) is 53.1 Å². The molecule has 7 atom stereocenters. The Hall–Kier alpha value is -2.75. The summed E-state index contributed by atoms with van der Waals surface area (Å²) in [5.41, 5.74) is 1.93. The first-order valence-electron chi connectivity index (χ1n) is 13.3. The number of para-hydroxylation sites is 1. The summed E-state index contributed by atoms with van der Waals surface area (Å²) in [4.78, 5) is 43.4. The third-order valence-corrected chi connectivity index (χ3v) is 10.8. The number of anilines is 2. The SMILES string of the molecule is CCOc1ccc(NC(=O)[C@@H]2[C@H]3C(=O)N([C@H](C)CO)C(C(=O)Nc4c(C)cccc4Cl)C34S[C@@H]2CC4C)cc1. The van der Waals surface area contributed by atoms with Crippen molar-refractivity contribution >= 4 is 52.5 Å². The largest absolute Gasteiger partial charge is 0.494 e. The third kappa shape index (κ3) is 4.48. The van der Waals surface area contributed by atoms with Crippen LogP contribution >= 0.6 is 23.4 Å². The fraction of sp³-hybridized carbons (Fsp3) is 0.483. The number of carbonyl (C=O) groups is 3. The Morgan fingerprint density at radius 1 is 1.21 bits per heavy atom. The molecule has 10 heteroatoms. The van der Waals surface area contributed by atoms with Crippen LogP contribution in [0.25, 0.3) is 0 Å². The van der Waals surface area contributed by atoms with Gasteiger partial charge in [-0.2, -0.15) is 0 Å². The summed E-state index contributed by atoms with van der Waals surface area (Å²) in [6, 6.07) is 11.1. The summed E-state index contributed by atoms with van der Waals surface area (Å²) in [6.45, 7) is 7.80. The number of aliphatic hydroxyl groups is 1. The molecular weight excluding hydrogens is 538 g/mol. The van der Waals surface area contributed by atoms with Gasteiger partial charge in [0.15, 0.2) is 0 Å². The Kier molecular flexibility index (Phi) is 7.61. The molecule has 3 aliphatic rings. The van der Waals surface area contributed by atoms with Crippen LogP contribution in [0, 0.1) is 24.7 Å². The zero-order chi connectivity index (χ0) is 28.1. The van der Waals surface area contributed by atoms with Crippen LogP contribution < -0.4 is 15.4 Å². The van der Waals surface area contributed by atoms with Gasteiger partial charge in [0, 0.05) is 10.9 Å². The van der Waals surface area contributed by atoms with E-state index in [0.717, 1.165) is 5.56 Å². The lowest BCUT2D eigenvalue weighted by Gasteiger charge is -2.39. The van der Waals surface area contributed by atoms with Gasteiger partial charge in [-0.05, 0) is 69.0 Å². The van der Waals surface area contributed by atoms with E-state index >= 15 is 0 Å². The van der Waals surface area contributed by atoms with E-state index in [1.165, 1.54) is 4.90 Å². The van der Waals surface area contributed by atoms with E-state index in [-0.39, 0.29) is 35.5 Å². The number of hydrogen-bond acceptors (Lipinski definition) is 6. The second-order valence-electron chi connectivity index (χ2n) is 10.7. The van der Waals surface area contributed by atoms with Crippen molar-refractivity contribution in [3.63, 3.8) is 0 Å². The quantitative estimate of drug-likeness (QED) is 0.435. The highest BCUT2D eigenvalue weighted by atomic mass is 35.5. The van der Waals surface area contributed by atoms with E-state index in [2.05, 4.69) is 17.6 Å². The molecule has 3 N–H and O–H groups in total. The van der Waals surface area contributed by atoms with Gasteiger partial charge in [-0.1, -0.05) is 30.7 Å². The molecule has 0 saturated carbocycles. The minimum absolute atomic E-state index is 0.00922. The zero-order valence-electron chi connectivity index (χ0n) is 22.4. The van der Waals surface area contributed by atoms with Crippen molar-refractivity contribution in [2.75, 3.05) is 23.8 Å². The molecule has 0 aromatic heterocycles. The fourth-order valence-corrected chi connectivity index (χ4v) is 9.31. The summed E-state index contributed by atoms with van der Waals surface area (Å²) < 4.78 is 4.69. The van der Waals surface area contributed by atoms with E-state index in [4.69, 9.17) is 16.3 Å². The first kappa shape index (κ1) is 27.8. The van der Waals surface area contributed by atoms with Gasteiger partial charge >= 0.3 is 0 Å². The number of aryl methyl sites for hydroxylation is 1. The summed E-state index contributed by atoms with van der Waals surface area (Å²) in [5.74, 6) is -1.41. The van der Waals surface area contributed by atoms with Crippen LogP contribution in [0.5, 0.6) is 5.75 Å². The van der Waals surface area contributed by atoms with Crippen molar-refractivity contribution in [2.24, 2.45) is 17.8 Å². The second-order valence-corrected chi connectivity index (χ2v) is 12.7. The van der Waals surface area contributed by atoms with Crippen molar-refractivity contribution in [3.8, 4) is 5.75 Å². The molecule has 3 heterocycles. The van der Waals surface area contributed by atoms with Crippen LogP contribution in [0.2, 0.25) is 5.02 Å². The van der Waals surface area contributed by atoms with Crippen LogP contribution in [0.3, 0.4) is 0 Å². The number of halogens is 1. The number of aliphatic hydroxyl groups excluding tert-OH is 1. The predicted octanol–water partition coefficient (Wildman–Crippen LogP) is 4.34. The molecule has 3 unspecified atom stereocenters. The van der Waals surface area contributed by atoms with Gasteiger partial charge in [0.1, 0.15) is 11.8 Å². The number of nitrogens with zero attached hydrogens (tertiary/aromatic N) is 1. The fourth-order valence-electron chi connectivity index (χ4n) is 6.63. The zero-order valence-corrected chi connectivity index (χ0v) is 24.0. The Morgan fingerprint density at radius 2 is 1.92 bits per heavy atom. The van der Waals surface area contributed by atoms with Crippen molar-refractivity contribution in [2.45, 2.75) is 56.2 Å². The van der Waals surface area contributed by atoms with Crippen LogP contribution in [0.4, 0.5) is 11.4 Å². The number of likely N-dealkylation sites (tertiary alicyclic amines) is 1. The van der Waals surface area contributed by atoms with Crippen LogP contribution in [-0.4, -0.2) is 63.0 Å². The van der Waals surface area contributed by atoms with Crippen LogP contribution in [0.15, 0.2) is 42.5 Å². The van der Waals surface area contributed by atoms with Crippen molar-refractivity contribution < 1.29 is 24.2 Å². The number of thioether (sulfide) groups is 1. The molecule has 5 rings (SSSR count). The third-order valence-electron chi connectivity index (χ3n) is 8.38. The molecule has 208 valence electrons. The molecule has 0 aliphatic carbocycles. The van der Waals surface area contributed by atoms with Crippen LogP contribution in [-0.2, 0) is 14.4 Å². The second kappa shape index (κ2) is 10.7. The highest BCUT2D eigenvalue weighted by Crippen LogP contribution is 2.69. The van der Waals surface area contributed by atoms with Crippen molar-refractivity contribution in [1.29, 1.82) is 0 Å². The van der Waals surface area contributed by atoms with E-state index in [0.29, 0.717) is 35.2 Å². The lowest BCUT2D eigenvalue weighted by molar-refractivity contribution is -0.140. The number of nitrogens with one attached hydrogen (secondary N) is 2. The molecule has 2 aromatic carbocycles. The molecule has 2 aromatic rings. The molecule has 3 saturated heterocycles. The maximum Gasteiger partial charge on any atom is 0.248 e. The number of carbonyl (C=O) groups excluding carboxylic acids is 3. The molecule has 1 spiro atoms. The topological polar surface area (TPSA) is 108 Å². The Balaban J connectivity index is 1.48. The summed E-state index contributed by atoms with van der Waals surface area (Å²) in [6.07, 6.45) is 0.714. The van der Waals surface area contributed by atoms with Crippen molar-refractivity contribution in [1.82, 2.24) is 4.90 Å². The smallest absolute Gasteiger partial charge is 0.248 e. The lowest BCUT2D eigenvalue weighted by atomic mass is 9.66. The monoisotopic (exact) mass is 571 g/mol. The van der Waals surface area contributed by atoms with Gasteiger partial charge in [0.05, 0.1) is 46.5 Å². The highest BCUT2D eigenvalue weighted by molar-refractivity contribution is 8.02. The molecule has 3 fully saturated rings. The number of fused-ring (bicyclic) bond motifs is 1. The molecule has 39 heavy (non-hydrogen) atoms. The summed E-state index contributed by atoms with van der Waals surface area (Å²) in [7, 11) is 0. The van der Waals surface area contributed by atoms with Gasteiger partial charge in [-0.25, -0.2) is 0 Å². The Morgan fingerprint density at radius 3 is 2.56 bits per heavy atom. The minimum atomic E-state index is -0.860. The Labute approximate surface area is 237 Å². The van der Waals surface area contributed by atoms with E-state index < -0.39 is 28.7 Å². The number of ether oxygens (including phenoxy) is 1. The maximum absolute atomic E-state index is 14.1. The number of benzene rings is 2. The normalized spacial score (nSPS) is 29.7. The highest BCUT2D eigenvalue weighted by Gasteiger charge is 2.76. The lowest BCUT2D eigenvalue weighted by Crippen LogP contribution is -2.56. The number of hydrogen-bond donors (Lipinski definition) is 3. The molecule has 2 bridgehead atoms. The molecule has 0 radical (unpaired) electrons. The summed E-state index contributed by atoms with van der Waals surface area (Å²) in [5, 5.41) is 16.4. The summed E-state index contributed by atoms with van der Waals surface area (Å²) >= 11 is 8.01. The molecular formula is C29H34ClN3O5S. The predicted molar refractivity (Wildman–Crippen MR) is 153 cm³/mol. The van der Waals surface area contributed by atoms with Crippen LogP contribution in [0.1, 0.15) is 32.8 Å². The molecule has 3 aliphatic heterocycles. The standard InChI is InChI=1S/C29H34ClN3O5S/c1-5-38-19-11-9-18(10-12-19)31-26(35)22-21-13-16(3)29(39-21)23(22)28(37)33(17(4)14-34)25(29)27(36)32-24-15(2)7-6-8-20(24)30/h6-12,16-17,21-23,25,34H,5,13-14H2,1-4H3,(H,31,35)(H,32,36)/t16?,17-,21-,22+,23+,25?,29?/m1/s1. The first-order valence-corrected chi connectivity index (χ1v) is 14.6. The Bertz CT molecular complexity index is 1270. The van der Waals surface area contributed by atoms with E-state index in [9.17, 15) is 19.5 Å². The first-order chi connectivity index (χ1) is 18.6. The number of rotatable bonds is 8. The average molecular weight is 572 g/mol. The minimum Gasteiger partial charge on any atom is -0.494 e.